The first kappa shape index (κ1) is 16.5. The summed E-state index contributed by atoms with van der Waals surface area (Å²) in [6.45, 7) is 4.13. The van der Waals surface area contributed by atoms with Gasteiger partial charge in [0.15, 0.2) is 0 Å². The number of rotatable bonds is 3. The number of nitrogens with two attached hydrogens (primary N) is 1. The van der Waals surface area contributed by atoms with Gasteiger partial charge in [-0.2, -0.15) is 0 Å². The number of hydrogen-bond donors (Lipinski definition) is 3. The SMILES string of the molecule is CC(C)(N)CNC(=O)c1ccc2c(c1)CCC(=O)N2.Cl. The zero-order valence-electron chi connectivity index (χ0n) is 11.7. The lowest BCUT2D eigenvalue weighted by Crippen LogP contribution is -2.45. The molecule has 0 saturated heterocycles. The van der Waals surface area contributed by atoms with Crippen LogP contribution in [0.4, 0.5) is 5.69 Å². The van der Waals surface area contributed by atoms with Gasteiger partial charge in [-0.05, 0) is 44.0 Å². The number of amides is 2. The maximum atomic E-state index is 12.0. The lowest BCUT2D eigenvalue weighted by atomic mass is 10.00. The number of hydrogen-bond acceptors (Lipinski definition) is 3. The minimum atomic E-state index is -0.433. The van der Waals surface area contributed by atoms with Crippen molar-refractivity contribution in [3.8, 4) is 0 Å². The highest BCUT2D eigenvalue weighted by atomic mass is 35.5. The zero-order chi connectivity index (χ0) is 14.0. The highest BCUT2D eigenvalue weighted by Gasteiger charge is 2.17. The predicted octanol–water partition coefficient (Wildman–Crippen LogP) is 1.46. The molecule has 5 nitrogen and oxygen atoms in total. The molecule has 0 bridgehead atoms. The van der Waals surface area contributed by atoms with Gasteiger partial charge >= 0.3 is 0 Å². The first-order valence-electron chi connectivity index (χ1n) is 6.35. The van der Waals surface area contributed by atoms with Crippen molar-refractivity contribution in [3.05, 3.63) is 29.3 Å². The predicted molar refractivity (Wildman–Crippen MR) is 81.2 cm³/mol. The van der Waals surface area contributed by atoms with Gasteiger partial charge in [0.2, 0.25) is 5.91 Å². The molecule has 0 atom stereocenters. The molecule has 4 N–H and O–H groups in total. The van der Waals surface area contributed by atoms with Crippen LogP contribution in [-0.4, -0.2) is 23.9 Å². The highest BCUT2D eigenvalue weighted by molar-refractivity contribution is 5.97. The number of halogens is 1. The Morgan fingerprint density at radius 1 is 1.40 bits per heavy atom. The Bertz CT molecular complexity index is 524. The van der Waals surface area contributed by atoms with Crippen LogP contribution in [-0.2, 0) is 11.2 Å². The summed E-state index contributed by atoms with van der Waals surface area (Å²) in [5, 5.41) is 5.59. The van der Waals surface area contributed by atoms with Crippen LogP contribution in [0, 0.1) is 0 Å². The number of fused-ring (bicyclic) bond motifs is 1. The van der Waals surface area contributed by atoms with Crippen LogP contribution >= 0.6 is 12.4 Å². The van der Waals surface area contributed by atoms with Crippen molar-refractivity contribution in [2.75, 3.05) is 11.9 Å². The molecule has 1 aliphatic heterocycles. The number of anilines is 1. The fourth-order valence-electron chi connectivity index (χ4n) is 1.93. The third kappa shape index (κ3) is 4.21. The molecule has 0 unspecified atom stereocenters. The first-order valence-corrected chi connectivity index (χ1v) is 6.35. The van der Waals surface area contributed by atoms with Crippen molar-refractivity contribution in [3.63, 3.8) is 0 Å². The standard InChI is InChI=1S/C14H19N3O2.ClH/c1-14(2,15)8-16-13(19)10-3-5-11-9(7-10)4-6-12(18)17-11;/h3,5,7H,4,6,8,15H2,1-2H3,(H,16,19)(H,17,18);1H. The smallest absolute Gasteiger partial charge is 0.251 e. The molecule has 1 aliphatic rings. The Hall–Kier alpha value is -1.59. The van der Waals surface area contributed by atoms with Crippen molar-refractivity contribution in [2.24, 2.45) is 5.73 Å². The van der Waals surface area contributed by atoms with Crippen LogP contribution in [0.25, 0.3) is 0 Å². The second kappa shape index (κ2) is 6.24. The van der Waals surface area contributed by atoms with Gasteiger partial charge in [-0.25, -0.2) is 0 Å². The maximum Gasteiger partial charge on any atom is 0.251 e. The summed E-state index contributed by atoms with van der Waals surface area (Å²) < 4.78 is 0. The van der Waals surface area contributed by atoms with E-state index in [0.717, 1.165) is 11.3 Å². The van der Waals surface area contributed by atoms with Gasteiger partial charge in [0, 0.05) is 29.8 Å². The van der Waals surface area contributed by atoms with E-state index in [2.05, 4.69) is 10.6 Å². The zero-order valence-corrected chi connectivity index (χ0v) is 12.5. The van der Waals surface area contributed by atoms with Crippen LogP contribution in [0.3, 0.4) is 0 Å². The lowest BCUT2D eigenvalue weighted by molar-refractivity contribution is -0.116. The summed E-state index contributed by atoms with van der Waals surface area (Å²) in [5.74, 6) is -0.118. The molecular weight excluding hydrogens is 278 g/mol. The molecule has 110 valence electrons. The molecule has 1 aromatic rings. The third-order valence-corrected chi connectivity index (χ3v) is 2.97. The van der Waals surface area contributed by atoms with Crippen molar-refractivity contribution < 1.29 is 9.59 Å². The molecule has 6 heteroatoms. The molecule has 0 radical (unpaired) electrons. The van der Waals surface area contributed by atoms with Gasteiger partial charge in [0.05, 0.1) is 0 Å². The van der Waals surface area contributed by atoms with Crippen molar-refractivity contribution in [1.82, 2.24) is 5.32 Å². The largest absolute Gasteiger partial charge is 0.350 e. The molecule has 1 heterocycles. The Morgan fingerprint density at radius 3 is 2.75 bits per heavy atom. The Labute approximate surface area is 124 Å². The second-order valence-electron chi connectivity index (χ2n) is 5.59. The Kier molecular flexibility index (Phi) is 5.14. The number of nitrogens with one attached hydrogen (secondary N) is 2. The summed E-state index contributed by atoms with van der Waals surface area (Å²) in [7, 11) is 0. The second-order valence-corrected chi connectivity index (χ2v) is 5.59. The quantitative estimate of drug-likeness (QED) is 0.790. The molecule has 0 spiro atoms. The van der Waals surface area contributed by atoms with Gasteiger partial charge in [-0.3, -0.25) is 9.59 Å². The van der Waals surface area contributed by atoms with E-state index < -0.39 is 5.54 Å². The van der Waals surface area contributed by atoms with E-state index in [1.807, 2.05) is 19.9 Å². The van der Waals surface area contributed by atoms with E-state index in [0.29, 0.717) is 24.9 Å². The fourth-order valence-corrected chi connectivity index (χ4v) is 1.93. The average molecular weight is 298 g/mol. The molecule has 2 amide bonds. The average Bonchev–Trinajstić information content (AvgIpc) is 2.34. The minimum absolute atomic E-state index is 0. The van der Waals surface area contributed by atoms with Gasteiger partial charge in [0.1, 0.15) is 0 Å². The monoisotopic (exact) mass is 297 g/mol. The molecule has 0 aromatic heterocycles. The van der Waals surface area contributed by atoms with Crippen LogP contribution in [0.15, 0.2) is 18.2 Å². The summed E-state index contributed by atoms with van der Waals surface area (Å²) in [5.41, 5.74) is 7.79. The third-order valence-electron chi connectivity index (χ3n) is 2.97. The Balaban J connectivity index is 0.00000200. The van der Waals surface area contributed by atoms with Crippen LogP contribution in [0.1, 0.15) is 36.2 Å². The summed E-state index contributed by atoms with van der Waals surface area (Å²) in [6.07, 6.45) is 1.14. The highest BCUT2D eigenvalue weighted by Crippen LogP contribution is 2.23. The normalized spacial score (nSPS) is 13.8. The molecule has 1 aromatic carbocycles. The van der Waals surface area contributed by atoms with E-state index >= 15 is 0 Å². The van der Waals surface area contributed by atoms with Crippen LogP contribution in [0.2, 0.25) is 0 Å². The molecule has 0 aliphatic carbocycles. The van der Waals surface area contributed by atoms with Crippen LogP contribution < -0.4 is 16.4 Å². The number of aryl methyl sites for hydroxylation is 1. The van der Waals surface area contributed by atoms with E-state index in [1.165, 1.54) is 0 Å². The van der Waals surface area contributed by atoms with E-state index in [-0.39, 0.29) is 24.2 Å². The molecule has 2 rings (SSSR count). The van der Waals surface area contributed by atoms with E-state index in [9.17, 15) is 9.59 Å². The topological polar surface area (TPSA) is 84.2 Å². The van der Waals surface area contributed by atoms with Gasteiger partial charge in [-0.1, -0.05) is 0 Å². The minimum Gasteiger partial charge on any atom is -0.350 e. The van der Waals surface area contributed by atoms with E-state index in [1.54, 1.807) is 12.1 Å². The first-order chi connectivity index (χ1) is 8.85. The van der Waals surface area contributed by atoms with Gasteiger partial charge in [-0.15, -0.1) is 12.4 Å². The fraction of sp³-hybridized carbons (Fsp3) is 0.429. The maximum absolute atomic E-state index is 12.0. The molecular formula is C14H20ClN3O2. The summed E-state index contributed by atoms with van der Waals surface area (Å²) >= 11 is 0. The molecule has 0 fully saturated rings. The van der Waals surface area contributed by atoms with E-state index in [4.69, 9.17) is 5.73 Å². The molecule has 0 saturated carbocycles. The molecule has 20 heavy (non-hydrogen) atoms. The van der Waals surface area contributed by atoms with Crippen molar-refractivity contribution in [2.45, 2.75) is 32.2 Å². The van der Waals surface area contributed by atoms with Gasteiger partial charge in [0.25, 0.3) is 5.91 Å². The van der Waals surface area contributed by atoms with Crippen molar-refractivity contribution in [1.29, 1.82) is 0 Å². The number of carbonyl (C=O) groups is 2. The lowest BCUT2D eigenvalue weighted by Gasteiger charge is -2.20. The van der Waals surface area contributed by atoms with Crippen molar-refractivity contribution >= 4 is 29.9 Å². The summed E-state index contributed by atoms with van der Waals surface area (Å²) in [6, 6.07) is 5.31. The summed E-state index contributed by atoms with van der Waals surface area (Å²) in [4.78, 5) is 23.2. The Morgan fingerprint density at radius 2 is 2.10 bits per heavy atom. The van der Waals surface area contributed by atoms with Crippen LogP contribution in [0.5, 0.6) is 0 Å². The van der Waals surface area contributed by atoms with Gasteiger partial charge < -0.3 is 16.4 Å². The number of benzene rings is 1. The number of carbonyl (C=O) groups excluding carboxylic acids is 2.